The normalized spacial score (nSPS) is 18.1. The molecule has 0 aliphatic heterocycles. The molecule has 3 rings (SSSR count). The van der Waals surface area contributed by atoms with Crippen molar-refractivity contribution < 1.29 is 15.0 Å². The summed E-state index contributed by atoms with van der Waals surface area (Å²) in [5, 5.41) is 24.3. The molecule has 0 saturated heterocycles. The molecule has 128 valence electrons. The van der Waals surface area contributed by atoms with Crippen LogP contribution in [0.4, 0.5) is 4.79 Å². The van der Waals surface area contributed by atoms with Crippen molar-refractivity contribution in [1.82, 2.24) is 14.8 Å². The van der Waals surface area contributed by atoms with Gasteiger partial charge in [0.05, 0.1) is 6.54 Å². The first kappa shape index (κ1) is 17.3. The van der Waals surface area contributed by atoms with E-state index in [-0.39, 0.29) is 17.6 Å². The quantitative estimate of drug-likeness (QED) is 0.758. The third-order valence-corrected chi connectivity index (χ3v) is 5.46. The summed E-state index contributed by atoms with van der Waals surface area (Å²) in [5.74, 6) is 0.427. The highest BCUT2D eigenvalue weighted by Crippen LogP contribution is 2.47. The second-order valence-corrected chi connectivity index (χ2v) is 7.48. The largest absolute Gasteiger partial charge is 0.473 e. The second kappa shape index (κ2) is 6.74. The zero-order valence-corrected chi connectivity index (χ0v) is 14.7. The van der Waals surface area contributed by atoms with Gasteiger partial charge in [0.15, 0.2) is 5.16 Å². The predicted molar refractivity (Wildman–Crippen MR) is 91.1 cm³/mol. The molecule has 2 aromatic rings. The summed E-state index contributed by atoms with van der Waals surface area (Å²) in [6.45, 7) is 2.14. The number of aliphatic hydroxyl groups is 1. The fourth-order valence-electron chi connectivity index (χ4n) is 2.99. The van der Waals surface area contributed by atoms with E-state index >= 15 is 0 Å². The molecule has 1 aliphatic carbocycles. The van der Waals surface area contributed by atoms with E-state index < -0.39 is 10.9 Å². The Bertz CT molecular complexity index is 750. The van der Waals surface area contributed by atoms with Crippen LogP contribution in [0.25, 0.3) is 0 Å². The lowest BCUT2D eigenvalue weighted by Crippen LogP contribution is -2.39. The van der Waals surface area contributed by atoms with Gasteiger partial charge in [-0.15, -0.1) is 0 Å². The van der Waals surface area contributed by atoms with Crippen LogP contribution in [0.2, 0.25) is 5.02 Å². The maximum Gasteiger partial charge on any atom is 0.372 e. The third kappa shape index (κ3) is 3.58. The number of carbonyl (C=O) groups is 1. The van der Waals surface area contributed by atoms with Crippen LogP contribution in [0.5, 0.6) is 0 Å². The molecule has 0 spiro atoms. The van der Waals surface area contributed by atoms with E-state index in [2.05, 4.69) is 10.1 Å². The average Bonchev–Trinajstić information content (AvgIpc) is 3.29. The van der Waals surface area contributed by atoms with E-state index in [4.69, 9.17) is 16.7 Å². The van der Waals surface area contributed by atoms with E-state index in [0.29, 0.717) is 28.3 Å². The highest BCUT2D eigenvalue weighted by atomic mass is 35.5. The van der Waals surface area contributed by atoms with Crippen LogP contribution in [-0.4, -0.2) is 30.3 Å². The number of halogens is 1. The van der Waals surface area contributed by atoms with Gasteiger partial charge < -0.3 is 10.2 Å². The van der Waals surface area contributed by atoms with Crippen LogP contribution in [-0.2, 0) is 12.1 Å². The maximum atomic E-state index is 11.5. The van der Waals surface area contributed by atoms with Crippen LogP contribution in [0.3, 0.4) is 0 Å². The van der Waals surface area contributed by atoms with Gasteiger partial charge in [-0.3, -0.25) is 0 Å². The Kier molecular flexibility index (Phi) is 4.85. The molecule has 2 N–H and O–H groups in total. The van der Waals surface area contributed by atoms with E-state index in [0.717, 1.165) is 12.8 Å². The fraction of sp³-hybridized carbons (Fsp3) is 0.438. The first-order chi connectivity index (χ1) is 11.4. The summed E-state index contributed by atoms with van der Waals surface area (Å²) in [6, 6.07) is 7.15. The topological polar surface area (TPSA) is 88.2 Å². The van der Waals surface area contributed by atoms with Crippen molar-refractivity contribution in [1.29, 1.82) is 0 Å². The molecule has 1 aliphatic rings. The van der Waals surface area contributed by atoms with Gasteiger partial charge in [0.25, 0.3) is 0 Å². The molecule has 1 fully saturated rings. The molecule has 0 radical (unpaired) electrons. The standard InChI is InChI=1S/C16H18ClN3O3S/c1-10(11-5-6-11)16(23,12-3-2-4-13(17)7-12)8-20-14(18-9-19-20)24-15(21)22/h2-4,7,9-11,23H,5-6,8H2,1H3,(H,21,22). The molecule has 1 heterocycles. The van der Waals surface area contributed by atoms with Gasteiger partial charge in [0.2, 0.25) is 0 Å². The highest BCUT2D eigenvalue weighted by Gasteiger charge is 2.45. The van der Waals surface area contributed by atoms with Crippen molar-refractivity contribution >= 4 is 28.7 Å². The monoisotopic (exact) mass is 367 g/mol. The van der Waals surface area contributed by atoms with E-state index in [1.807, 2.05) is 13.0 Å². The number of hydrogen-bond acceptors (Lipinski definition) is 5. The number of carboxylic acid groups (broad SMARTS) is 1. The minimum absolute atomic E-state index is 0.0113. The van der Waals surface area contributed by atoms with Gasteiger partial charge in [0, 0.05) is 16.8 Å². The molecule has 8 heteroatoms. The number of rotatable bonds is 6. The van der Waals surface area contributed by atoms with E-state index in [1.54, 1.807) is 18.2 Å². The highest BCUT2D eigenvalue weighted by molar-refractivity contribution is 8.13. The number of hydrogen-bond donors (Lipinski definition) is 2. The number of aromatic nitrogens is 3. The third-order valence-electron chi connectivity index (χ3n) is 4.56. The molecule has 24 heavy (non-hydrogen) atoms. The smallest absolute Gasteiger partial charge is 0.372 e. The van der Waals surface area contributed by atoms with Crippen molar-refractivity contribution in [2.24, 2.45) is 11.8 Å². The van der Waals surface area contributed by atoms with Gasteiger partial charge in [-0.2, -0.15) is 5.10 Å². The fourth-order valence-corrected chi connectivity index (χ4v) is 3.65. The molecule has 1 saturated carbocycles. The molecular formula is C16H18ClN3O3S. The lowest BCUT2D eigenvalue weighted by Gasteiger charge is -2.35. The molecule has 6 nitrogen and oxygen atoms in total. The average molecular weight is 368 g/mol. The lowest BCUT2D eigenvalue weighted by atomic mass is 9.79. The minimum Gasteiger partial charge on any atom is -0.473 e. The van der Waals surface area contributed by atoms with Crippen molar-refractivity contribution in [2.45, 2.75) is 37.1 Å². The first-order valence-corrected chi connectivity index (χ1v) is 8.86. The van der Waals surface area contributed by atoms with Crippen LogP contribution in [0.15, 0.2) is 35.7 Å². The van der Waals surface area contributed by atoms with Gasteiger partial charge in [-0.25, -0.2) is 14.5 Å². The summed E-state index contributed by atoms with van der Waals surface area (Å²) < 4.78 is 1.44. The van der Waals surface area contributed by atoms with Gasteiger partial charge in [0.1, 0.15) is 11.9 Å². The molecule has 1 aromatic heterocycles. The predicted octanol–water partition coefficient (Wildman–Crippen LogP) is 3.64. The van der Waals surface area contributed by atoms with Gasteiger partial charge in [-0.05, 0) is 42.4 Å². The Hall–Kier alpha value is -1.57. The van der Waals surface area contributed by atoms with Crippen LogP contribution < -0.4 is 0 Å². The summed E-state index contributed by atoms with van der Waals surface area (Å²) in [5.41, 5.74) is -0.496. The van der Waals surface area contributed by atoms with Crippen LogP contribution in [0.1, 0.15) is 25.3 Å². The number of nitrogens with zero attached hydrogens (tertiary/aromatic N) is 3. The van der Waals surface area contributed by atoms with Crippen molar-refractivity contribution in [3.63, 3.8) is 0 Å². The SMILES string of the molecule is CC(C1CC1)C(O)(Cn1ncnc1SC(=O)O)c1cccc(Cl)c1. The molecule has 1 aromatic carbocycles. The Labute approximate surface area is 148 Å². The lowest BCUT2D eigenvalue weighted by molar-refractivity contribution is -0.0462. The van der Waals surface area contributed by atoms with Crippen molar-refractivity contribution in [3.05, 3.63) is 41.2 Å². The molecule has 2 atom stereocenters. The summed E-state index contributed by atoms with van der Waals surface area (Å²) >= 11 is 6.68. The van der Waals surface area contributed by atoms with Gasteiger partial charge >= 0.3 is 5.30 Å². The maximum absolute atomic E-state index is 11.5. The Morgan fingerprint density at radius 2 is 2.29 bits per heavy atom. The number of thioether (sulfide) groups is 1. The van der Waals surface area contributed by atoms with Gasteiger partial charge in [-0.1, -0.05) is 30.7 Å². The van der Waals surface area contributed by atoms with Crippen molar-refractivity contribution in [3.8, 4) is 0 Å². The summed E-state index contributed by atoms with van der Waals surface area (Å²) in [6.07, 6.45) is 3.46. The van der Waals surface area contributed by atoms with E-state index in [1.165, 1.54) is 11.0 Å². The molecule has 0 bridgehead atoms. The van der Waals surface area contributed by atoms with Crippen LogP contribution in [0, 0.1) is 11.8 Å². The van der Waals surface area contributed by atoms with Crippen LogP contribution >= 0.6 is 23.4 Å². The van der Waals surface area contributed by atoms with E-state index in [9.17, 15) is 9.90 Å². The second-order valence-electron chi connectivity index (χ2n) is 6.13. The Balaban J connectivity index is 1.96. The molecular weight excluding hydrogens is 350 g/mol. The summed E-state index contributed by atoms with van der Waals surface area (Å²) in [4.78, 5) is 14.9. The first-order valence-electron chi connectivity index (χ1n) is 7.67. The minimum atomic E-state index is -1.20. The molecule has 2 unspecified atom stereocenters. The Morgan fingerprint density at radius 3 is 2.92 bits per heavy atom. The summed E-state index contributed by atoms with van der Waals surface area (Å²) in [7, 11) is 0. The Morgan fingerprint density at radius 1 is 1.54 bits per heavy atom. The zero-order valence-electron chi connectivity index (χ0n) is 13.1. The zero-order chi connectivity index (χ0) is 17.3. The molecule has 0 amide bonds. The number of benzene rings is 1. The van der Waals surface area contributed by atoms with Crippen molar-refractivity contribution in [2.75, 3.05) is 0 Å².